The fourth-order valence-electron chi connectivity index (χ4n) is 4.84. The first-order valence-electron chi connectivity index (χ1n) is 10.9. The van der Waals surface area contributed by atoms with Crippen molar-refractivity contribution in [3.05, 3.63) is 49.3 Å². The second-order valence-corrected chi connectivity index (χ2v) is 9.61. The van der Waals surface area contributed by atoms with E-state index in [1.807, 2.05) is 4.90 Å². The van der Waals surface area contributed by atoms with Crippen LogP contribution in [0.5, 0.6) is 0 Å². The molecule has 160 valence electrons. The highest BCUT2D eigenvalue weighted by Crippen LogP contribution is 2.33. The maximum Gasteiger partial charge on any atom is 0.255 e. The van der Waals surface area contributed by atoms with E-state index in [0.29, 0.717) is 25.6 Å². The molecule has 30 heavy (non-hydrogen) atoms. The number of amides is 1. The molecule has 0 aliphatic carbocycles. The average Bonchev–Trinajstić information content (AvgIpc) is 3.50. The van der Waals surface area contributed by atoms with Gasteiger partial charge in [0, 0.05) is 44.1 Å². The van der Waals surface area contributed by atoms with Crippen LogP contribution in [0, 0.1) is 12.8 Å². The molecular weight excluding hydrogens is 400 g/mol. The molecule has 2 aromatic heterocycles. The lowest BCUT2D eigenvalue weighted by atomic mass is 10.0. The molecule has 5 rings (SSSR count). The Morgan fingerprint density at radius 2 is 2.27 bits per heavy atom. The lowest BCUT2D eigenvalue weighted by Crippen LogP contribution is -2.39. The molecule has 0 bridgehead atoms. The summed E-state index contributed by atoms with van der Waals surface area (Å²) in [6.07, 6.45) is 3.35. The van der Waals surface area contributed by atoms with Gasteiger partial charge in [-0.25, -0.2) is 4.98 Å². The van der Waals surface area contributed by atoms with Crippen molar-refractivity contribution in [3.63, 3.8) is 0 Å². The molecule has 0 spiro atoms. The van der Waals surface area contributed by atoms with Crippen LogP contribution in [0.3, 0.4) is 0 Å². The van der Waals surface area contributed by atoms with Gasteiger partial charge in [-0.15, -0.1) is 11.3 Å². The van der Waals surface area contributed by atoms with Crippen molar-refractivity contribution in [1.29, 1.82) is 0 Å². The molecule has 2 atom stereocenters. The number of H-pyrrole nitrogens is 1. The van der Waals surface area contributed by atoms with E-state index in [1.54, 1.807) is 11.3 Å². The van der Waals surface area contributed by atoms with E-state index >= 15 is 0 Å². The van der Waals surface area contributed by atoms with Gasteiger partial charge >= 0.3 is 0 Å². The van der Waals surface area contributed by atoms with E-state index in [-0.39, 0.29) is 23.4 Å². The highest BCUT2D eigenvalue weighted by Gasteiger charge is 2.37. The lowest BCUT2D eigenvalue weighted by molar-refractivity contribution is -0.136. The summed E-state index contributed by atoms with van der Waals surface area (Å²) in [4.78, 5) is 39.4. The number of likely N-dealkylation sites (tertiary alicyclic amines) is 1. The number of carbonyl (C=O) groups is 1. The molecule has 3 aliphatic heterocycles. The number of fused-ring (bicyclic) bond motifs is 1. The number of ether oxygens (including phenoxy) is 1. The van der Waals surface area contributed by atoms with Crippen LogP contribution in [0.15, 0.2) is 16.2 Å². The minimum Gasteiger partial charge on any atom is -0.381 e. The standard InChI is InChI=1S/C22H28N4O3S/c1-14-6-10-30-19(14)12-25-8-4-17-16(11-25)21(27)24-20(23-17)18-3-2-7-26(18)22(28)15-5-9-29-13-15/h6,10,15,18H,2-5,7-9,11-13H2,1H3,(H,23,24,27)/t15-,18-/m1/s1. The van der Waals surface area contributed by atoms with E-state index in [1.165, 1.54) is 10.4 Å². The third kappa shape index (κ3) is 3.72. The van der Waals surface area contributed by atoms with Crippen LogP contribution in [0.1, 0.15) is 52.8 Å². The summed E-state index contributed by atoms with van der Waals surface area (Å²) in [5.41, 5.74) is 2.94. The number of carbonyl (C=O) groups excluding carboxylic acids is 1. The molecule has 2 fully saturated rings. The fourth-order valence-corrected chi connectivity index (χ4v) is 5.79. The maximum absolute atomic E-state index is 12.9. The van der Waals surface area contributed by atoms with Crippen molar-refractivity contribution in [2.75, 3.05) is 26.3 Å². The SMILES string of the molecule is Cc1ccsc1CN1CCc2nc([C@H]3CCCN3C(=O)[C@@H]3CCOC3)[nH]c(=O)c2C1. The van der Waals surface area contributed by atoms with Gasteiger partial charge in [0.15, 0.2) is 0 Å². The monoisotopic (exact) mass is 428 g/mol. The Hall–Kier alpha value is -2.03. The fraction of sp³-hybridized carbons (Fsp3) is 0.591. The smallest absolute Gasteiger partial charge is 0.255 e. The van der Waals surface area contributed by atoms with E-state index in [2.05, 4.69) is 28.3 Å². The Labute approximate surface area is 180 Å². The van der Waals surface area contributed by atoms with Crippen molar-refractivity contribution in [3.8, 4) is 0 Å². The largest absolute Gasteiger partial charge is 0.381 e. The molecule has 1 N–H and O–H groups in total. The highest BCUT2D eigenvalue weighted by atomic mass is 32.1. The van der Waals surface area contributed by atoms with Crippen LogP contribution in [0.4, 0.5) is 0 Å². The number of thiophene rings is 1. The first-order chi connectivity index (χ1) is 14.6. The molecule has 2 saturated heterocycles. The average molecular weight is 429 g/mol. The van der Waals surface area contributed by atoms with Crippen LogP contribution >= 0.6 is 11.3 Å². The predicted molar refractivity (Wildman–Crippen MR) is 114 cm³/mol. The van der Waals surface area contributed by atoms with Crippen LogP contribution in [-0.2, 0) is 29.0 Å². The van der Waals surface area contributed by atoms with Crippen LogP contribution in [0.25, 0.3) is 0 Å². The summed E-state index contributed by atoms with van der Waals surface area (Å²) in [5, 5.41) is 2.12. The van der Waals surface area contributed by atoms with E-state index in [0.717, 1.165) is 56.6 Å². The van der Waals surface area contributed by atoms with Gasteiger partial charge in [0.2, 0.25) is 5.91 Å². The van der Waals surface area contributed by atoms with E-state index in [4.69, 9.17) is 9.72 Å². The quantitative estimate of drug-likeness (QED) is 0.809. The summed E-state index contributed by atoms with van der Waals surface area (Å²) in [6, 6.07) is 2.02. The van der Waals surface area contributed by atoms with Gasteiger partial charge in [0.25, 0.3) is 5.56 Å². The summed E-state index contributed by atoms with van der Waals surface area (Å²) in [6.45, 7) is 6.43. The Bertz CT molecular complexity index is 995. The van der Waals surface area contributed by atoms with Crippen molar-refractivity contribution in [2.45, 2.75) is 51.7 Å². The minimum atomic E-state index is -0.122. The maximum atomic E-state index is 12.9. The summed E-state index contributed by atoms with van der Waals surface area (Å²) >= 11 is 1.77. The Morgan fingerprint density at radius 1 is 1.37 bits per heavy atom. The van der Waals surface area contributed by atoms with Gasteiger partial charge in [0.05, 0.1) is 29.8 Å². The third-order valence-corrected chi connectivity index (χ3v) is 7.64. The number of nitrogens with one attached hydrogen (secondary N) is 1. The molecule has 7 nitrogen and oxygen atoms in total. The van der Waals surface area contributed by atoms with Gasteiger partial charge in [-0.05, 0) is 43.2 Å². The van der Waals surface area contributed by atoms with Crippen molar-refractivity contribution < 1.29 is 9.53 Å². The minimum absolute atomic E-state index is 0.0499. The molecule has 2 aromatic rings. The molecule has 0 unspecified atom stereocenters. The van der Waals surface area contributed by atoms with Crippen molar-refractivity contribution in [1.82, 2.24) is 19.8 Å². The molecule has 8 heteroatoms. The Kier molecular flexibility index (Phi) is 5.47. The second-order valence-electron chi connectivity index (χ2n) is 8.61. The number of rotatable bonds is 4. The number of aryl methyl sites for hydroxylation is 1. The second kappa shape index (κ2) is 8.24. The first kappa shape index (κ1) is 19.9. The van der Waals surface area contributed by atoms with E-state index < -0.39 is 0 Å². The zero-order valence-corrected chi connectivity index (χ0v) is 18.2. The first-order valence-corrected chi connectivity index (χ1v) is 11.7. The number of aromatic amines is 1. The van der Waals surface area contributed by atoms with Crippen molar-refractivity contribution in [2.24, 2.45) is 5.92 Å². The molecule has 5 heterocycles. The zero-order valence-electron chi connectivity index (χ0n) is 17.4. The number of aromatic nitrogens is 2. The van der Waals surface area contributed by atoms with Gasteiger partial charge < -0.3 is 14.6 Å². The van der Waals surface area contributed by atoms with Crippen LogP contribution < -0.4 is 5.56 Å². The summed E-state index contributed by atoms with van der Waals surface area (Å²) in [5.74, 6) is 0.753. The van der Waals surface area contributed by atoms with Gasteiger partial charge in [-0.3, -0.25) is 14.5 Å². The summed E-state index contributed by atoms with van der Waals surface area (Å²) < 4.78 is 5.40. The Morgan fingerprint density at radius 3 is 3.03 bits per heavy atom. The topological polar surface area (TPSA) is 78.5 Å². The molecule has 1 amide bonds. The molecule has 0 radical (unpaired) electrons. The zero-order chi connectivity index (χ0) is 20.7. The molecular formula is C22H28N4O3S. The van der Waals surface area contributed by atoms with Gasteiger partial charge in [0.1, 0.15) is 5.82 Å². The van der Waals surface area contributed by atoms with Crippen LogP contribution in [0.2, 0.25) is 0 Å². The normalized spacial score (nSPS) is 24.4. The number of hydrogen-bond acceptors (Lipinski definition) is 6. The third-order valence-electron chi connectivity index (χ3n) is 6.63. The van der Waals surface area contributed by atoms with Gasteiger partial charge in [-0.2, -0.15) is 0 Å². The lowest BCUT2D eigenvalue weighted by Gasteiger charge is -2.29. The van der Waals surface area contributed by atoms with E-state index in [9.17, 15) is 9.59 Å². The van der Waals surface area contributed by atoms with Crippen LogP contribution in [-0.4, -0.2) is 52.0 Å². The molecule has 0 saturated carbocycles. The predicted octanol–water partition coefficient (Wildman–Crippen LogP) is 2.40. The highest BCUT2D eigenvalue weighted by molar-refractivity contribution is 7.10. The number of nitrogens with zero attached hydrogens (tertiary/aromatic N) is 3. The summed E-state index contributed by atoms with van der Waals surface area (Å²) in [7, 11) is 0. The van der Waals surface area contributed by atoms with Crippen molar-refractivity contribution >= 4 is 17.2 Å². The molecule has 3 aliphatic rings. The molecule has 0 aromatic carbocycles. The van der Waals surface area contributed by atoms with Gasteiger partial charge in [-0.1, -0.05) is 0 Å². The Balaban J connectivity index is 1.35. The number of hydrogen-bond donors (Lipinski definition) is 1.